The van der Waals surface area contributed by atoms with Crippen molar-refractivity contribution in [2.75, 3.05) is 33.9 Å². The lowest BCUT2D eigenvalue weighted by atomic mass is 10.2. The van der Waals surface area contributed by atoms with E-state index in [-0.39, 0.29) is 4.90 Å². The lowest BCUT2D eigenvalue weighted by molar-refractivity contribution is 0.108. The van der Waals surface area contributed by atoms with E-state index in [1.807, 2.05) is 0 Å². The maximum atomic E-state index is 11.7. The summed E-state index contributed by atoms with van der Waals surface area (Å²) in [5, 5.41) is 6.43. The molecule has 3 N–H and O–H groups in total. The Hall–Kier alpha value is -1.64. The van der Waals surface area contributed by atoms with Gasteiger partial charge in [-0.3, -0.25) is 4.99 Å². The maximum Gasteiger partial charge on any atom is 0.240 e. The van der Waals surface area contributed by atoms with Gasteiger partial charge in [-0.25, -0.2) is 13.1 Å². The first-order valence-corrected chi connectivity index (χ1v) is 9.92. The lowest BCUT2D eigenvalue weighted by Crippen LogP contribution is -2.37. The zero-order valence-corrected chi connectivity index (χ0v) is 16.3. The van der Waals surface area contributed by atoms with Crippen LogP contribution in [-0.4, -0.2) is 48.2 Å². The molecule has 0 heterocycles. The van der Waals surface area contributed by atoms with Crippen molar-refractivity contribution in [2.45, 2.75) is 31.7 Å². The summed E-state index contributed by atoms with van der Waals surface area (Å²) in [6.45, 7) is 7.10. The Kier molecular flexibility index (Phi) is 9.48. The minimum absolute atomic E-state index is 0.252. The first-order valence-electron chi connectivity index (χ1n) is 8.43. The molecule has 0 aliphatic carbocycles. The number of hydrogen-bond acceptors (Lipinski definition) is 4. The van der Waals surface area contributed by atoms with Crippen LogP contribution in [0.1, 0.15) is 25.8 Å². The number of ether oxygens (including phenoxy) is 1. The average molecular weight is 371 g/mol. The number of nitrogens with zero attached hydrogens (tertiary/aromatic N) is 1. The summed E-state index contributed by atoms with van der Waals surface area (Å²) >= 11 is 0. The van der Waals surface area contributed by atoms with Gasteiger partial charge < -0.3 is 15.4 Å². The second-order valence-electron chi connectivity index (χ2n) is 6.03. The van der Waals surface area contributed by atoms with E-state index in [1.54, 1.807) is 31.3 Å². The smallest absolute Gasteiger partial charge is 0.240 e. The summed E-state index contributed by atoms with van der Waals surface area (Å²) in [4.78, 5) is 4.42. The molecule has 1 rings (SSSR count). The van der Waals surface area contributed by atoms with Gasteiger partial charge in [-0.05, 0) is 37.1 Å². The molecule has 0 amide bonds. The van der Waals surface area contributed by atoms with Crippen LogP contribution in [0.3, 0.4) is 0 Å². The Morgan fingerprint density at radius 1 is 1.20 bits per heavy atom. The molecule has 0 bridgehead atoms. The van der Waals surface area contributed by atoms with Crippen LogP contribution < -0.4 is 15.4 Å². The molecule has 25 heavy (non-hydrogen) atoms. The van der Waals surface area contributed by atoms with E-state index in [1.165, 1.54) is 7.05 Å². The van der Waals surface area contributed by atoms with E-state index in [0.717, 1.165) is 31.7 Å². The van der Waals surface area contributed by atoms with Crippen LogP contribution in [0.15, 0.2) is 34.2 Å². The topological polar surface area (TPSA) is 91.8 Å². The van der Waals surface area contributed by atoms with Gasteiger partial charge in [0, 0.05) is 33.4 Å². The molecule has 142 valence electrons. The van der Waals surface area contributed by atoms with E-state index >= 15 is 0 Å². The highest BCUT2D eigenvalue weighted by Crippen LogP contribution is 2.09. The average Bonchev–Trinajstić information content (AvgIpc) is 2.60. The molecule has 0 radical (unpaired) electrons. The monoisotopic (exact) mass is 370 g/mol. The fourth-order valence-corrected chi connectivity index (χ4v) is 2.74. The van der Waals surface area contributed by atoms with Crippen molar-refractivity contribution >= 4 is 16.0 Å². The zero-order valence-electron chi connectivity index (χ0n) is 15.5. The lowest BCUT2D eigenvalue weighted by Gasteiger charge is -2.12. The summed E-state index contributed by atoms with van der Waals surface area (Å²) in [7, 11) is -0.282. The molecule has 1 aromatic rings. The Morgan fingerprint density at radius 3 is 2.44 bits per heavy atom. The van der Waals surface area contributed by atoms with Gasteiger partial charge in [-0.1, -0.05) is 26.0 Å². The second kappa shape index (κ2) is 11.1. The van der Waals surface area contributed by atoms with Gasteiger partial charge in [-0.2, -0.15) is 0 Å². The minimum atomic E-state index is -3.39. The Labute approximate surface area is 151 Å². The first kappa shape index (κ1) is 21.4. The molecule has 1 aromatic carbocycles. The highest BCUT2D eigenvalue weighted by atomic mass is 32.2. The number of guanidine groups is 1. The summed E-state index contributed by atoms with van der Waals surface area (Å²) in [5.74, 6) is 1.26. The molecule has 0 saturated carbocycles. The first-order chi connectivity index (χ1) is 11.9. The van der Waals surface area contributed by atoms with Crippen LogP contribution in [0.4, 0.5) is 0 Å². The van der Waals surface area contributed by atoms with Crippen molar-refractivity contribution in [1.29, 1.82) is 0 Å². The highest BCUT2D eigenvalue weighted by Gasteiger charge is 2.10. The van der Waals surface area contributed by atoms with E-state index in [4.69, 9.17) is 4.74 Å². The van der Waals surface area contributed by atoms with Gasteiger partial charge in [0.05, 0.1) is 4.90 Å². The largest absolute Gasteiger partial charge is 0.381 e. The van der Waals surface area contributed by atoms with Crippen LogP contribution in [0.5, 0.6) is 0 Å². The fraction of sp³-hybridized carbons (Fsp3) is 0.588. The molecule has 0 unspecified atom stereocenters. The maximum absolute atomic E-state index is 11.7. The number of rotatable bonds is 10. The van der Waals surface area contributed by atoms with Gasteiger partial charge in [0.15, 0.2) is 5.96 Å². The number of benzene rings is 1. The van der Waals surface area contributed by atoms with E-state index in [0.29, 0.717) is 18.4 Å². The van der Waals surface area contributed by atoms with Crippen LogP contribution in [0.2, 0.25) is 0 Å². The number of nitrogens with one attached hydrogen (secondary N) is 3. The van der Waals surface area contributed by atoms with Crippen molar-refractivity contribution in [3.63, 3.8) is 0 Å². The third kappa shape index (κ3) is 8.33. The van der Waals surface area contributed by atoms with Crippen LogP contribution in [0.25, 0.3) is 0 Å². The molecular weight excluding hydrogens is 340 g/mol. The van der Waals surface area contributed by atoms with Crippen LogP contribution in [0, 0.1) is 5.92 Å². The van der Waals surface area contributed by atoms with Gasteiger partial charge in [0.25, 0.3) is 0 Å². The van der Waals surface area contributed by atoms with Crippen molar-refractivity contribution in [2.24, 2.45) is 10.9 Å². The van der Waals surface area contributed by atoms with Crippen molar-refractivity contribution < 1.29 is 13.2 Å². The Bertz CT molecular complexity index is 628. The van der Waals surface area contributed by atoms with E-state index < -0.39 is 10.0 Å². The molecule has 0 aliphatic rings. The molecular formula is C17H30N4O3S. The Morgan fingerprint density at radius 2 is 1.88 bits per heavy atom. The number of sulfonamides is 1. The zero-order chi connectivity index (χ0) is 18.7. The number of hydrogen-bond donors (Lipinski definition) is 3. The molecule has 8 heteroatoms. The van der Waals surface area contributed by atoms with Gasteiger partial charge in [0.1, 0.15) is 0 Å². The highest BCUT2D eigenvalue weighted by molar-refractivity contribution is 7.89. The van der Waals surface area contributed by atoms with Gasteiger partial charge in [0.2, 0.25) is 10.0 Å². The molecule has 0 aromatic heterocycles. The quantitative estimate of drug-likeness (QED) is 0.328. The van der Waals surface area contributed by atoms with Crippen LogP contribution >= 0.6 is 0 Å². The van der Waals surface area contributed by atoms with Crippen molar-refractivity contribution in [3.05, 3.63) is 29.8 Å². The normalized spacial score (nSPS) is 12.4. The predicted molar refractivity (Wildman–Crippen MR) is 101 cm³/mol. The van der Waals surface area contributed by atoms with Crippen LogP contribution in [-0.2, 0) is 21.3 Å². The molecule has 0 saturated heterocycles. The summed E-state index contributed by atoms with van der Waals surface area (Å²) in [6.07, 6.45) is 0.907. The summed E-state index contributed by atoms with van der Waals surface area (Å²) in [6, 6.07) is 6.74. The standard InChI is InChI=1S/C17H30N4O3S/c1-14(2)13-24-11-5-10-20-17(18-3)21-12-15-6-8-16(9-7-15)25(22,23)19-4/h6-9,14,19H,5,10-13H2,1-4H3,(H2,18,20,21). The fourth-order valence-electron chi connectivity index (χ4n) is 2.01. The molecule has 0 atom stereocenters. The predicted octanol–water partition coefficient (Wildman–Crippen LogP) is 1.32. The summed E-state index contributed by atoms with van der Waals surface area (Å²) in [5.41, 5.74) is 0.971. The SMILES string of the molecule is CN=C(NCCCOCC(C)C)NCc1ccc(S(=O)(=O)NC)cc1. The minimum Gasteiger partial charge on any atom is -0.381 e. The van der Waals surface area contributed by atoms with Gasteiger partial charge in [-0.15, -0.1) is 0 Å². The Balaban J connectivity index is 2.35. The molecule has 0 spiro atoms. The molecule has 0 fully saturated rings. The molecule has 0 aliphatic heterocycles. The van der Waals surface area contributed by atoms with Crippen molar-refractivity contribution in [3.8, 4) is 0 Å². The second-order valence-corrected chi connectivity index (χ2v) is 7.91. The summed E-state index contributed by atoms with van der Waals surface area (Å²) < 4.78 is 31.2. The van der Waals surface area contributed by atoms with E-state index in [9.17, 15) is 8.42 Å². The van der Waals surface area contributed by atoms with E-state index in [2.05, 4.69) is 34.2 Å². The molecule has 7 nitrogen and oxygen atoms in total. The number of aliphatic imine (C=N–C) groups is 1. The van der Waals surface area contributed by atoms with Gasteiger partial charge >= 0.3 is 0 Å². The third-order valence-electron chi connectivity index (χ3n) is 3.40. The third-order valence-corrected chi connectivity index (χ3v) is 4.83. The van der Waals surface area contributed by atoms with Crippen molar-refractivity contribution in [1.82, 2.24) is 15.4 Å².